The van der Waals surface area contributed by atoms with Gasteiger partial charge >= 0.3 is 12.0 Å². The Kier molecular flexibility index (Phi) is 7.91. The molecule has 2 aromatic rings. The van der Waals surface area contributed by atoms with Gasteiger partial charge in [0.15, 0.2) is 11.5 Å². The monoisotopic (exact) mass is 454 g/mol. The van der Waals surface area contributed by atoms with Gasteiger partial charge in [-0.05, 0) is 36.2 Å². The minimum Gasteiger partial charge on any atom is -0.481 e. The van der Waals surface area contributed by atoms with Crippen molar-refractivity contribution in [1.82, 2.24) is 9.88 Å². The summed E-state index contributed by atoms with van der Waals surface area (Å²) in [4.78, 5) is 36.8. The molecule has 174 valence electrons. The van der Waals surface area contributed by atoms with Crippen LogP contribution in [0, 0.1) is 11.3 Å². The predicted molar refractivity (Wildman–Crippen MR) is 119 cm³/mol. The average Bonchev–Trinajstić information content (AvgIpc) is 3.26. The molecule has 2 heterocycles. The van der Waals surface area contributed by atoms with E-state index in [4.69, 9.17) is 9.47 Å². The van der Waals surface area contributed by atoms with Crippen molar-refractivity contribution in [3.05, 3.63) is 52.4 Å². The number of aromatic nitrogens is 1. The van der Waals surface area contributed by atoms with Gasteiger partial charge in [0.2, 0.25) is 6.79 Å². The van der Waals surface area contributed by atoms with Gasteiger partial charge < -0.3 is 25.2 Å². The van der Waals surface area contributed by atoms with Gasteiger partial charge in [-0.3, -0.25) is 14.2 Å². The summed E-state index contributed by atoms with van der Waals surface area (Å²) in [5, 5.41) is 23.9. The number of hydrogen-bond acceptors (Lipinski definition) is 6. The van der Waals surface area contributed by atoms with Crippen molar-refractivity contribution in [3.8, 4) is 17.6 Å². The number of ether oxygens (including phenoxy) is 2. The van der Waals surface area contributed by atoms with E-state index in [0.29, 0.717) is 23.5 Å². The number of nitrogens with one attached hydrogen (secondary N) is 2. The number of unbranched alkanes of at least 4 members (excludes halogenated alkanes) is 2. The highest BCUT2D eigenvalue weighted by molar-refractivity contribution is 5.89. The molecule has 10 heteroatoms. The molecule has 1 aromatic heterocycles. The number of pyridine rings is 1. The van der Waals surface area contributed by atoms with Gasteiger partial charge in [-0.2, -0.15) is 5.26 Å². The third-order valence-electron chi connectivity index (χ3n) is 5.27. The van der Waals surface area contributed by atoms with Crippen LogP contribution in [0.2, 0.25) is 0 Å². The fourth-order valence-electron chi connectivity index (χ4n) is 3.58. The minimum atomic E-state index is -1.11. The van der Waals surface area contributed by atoms with Crippen LogP contribution in [0.1, 0.15) is 56.7 Å². The molecule has 0 fully saturated rings. The Hall–Kier alpha value is -4.00. The van der Waals surface area contributed by atoms with Gasteiger partial charge in [0.05, 0.1) is 18.5 Å². The maximum Gasteiger partial charge on any atom is 0.319 e. The fraction of sp³-hybridized carbons (Fsp3) is 0.391. The van der Waals surface area contributed by atoms with Crippen molar-refractivity contribution < 1.29 is 24.2 Å². The van der Waals surface area contributed by atoms with Crippen LogP contribution >= 0.6 is 0 Å². The summed E-state index contributed by atoms with van der Waals surface area (Å²) in [7, 11) is 0. The maximum atomic E-state index is 12.8. The molecule has 1 aliphatic heterocycles. The minimum absolute atomic E-state index is 0.00879. The first-order valence-electron chi connectivity index (χ1n) is 10.7. The van der Waals surface area contributed by atoms with Crippen molar-refractivity contribution in [2.24, 2.45) is 0 Å². The van der Waals surface area contributed by atoms with E-state index in [-0.39, 0.29) is 18.9 Å². The van der Waals surface area contributed by atoms with Gasteiger partial charge in [-0.15, -0.1) is 0 Å². The molecule has 3 N–H and O–H groups in total. The number of carboxylic acid groups (broad SMARTS) is 1. The largest absolute Gasteiger partial charge is 0.481 e. The number of aliphatic carboxylic acids is 1. The number of nitriles is 1. The second-order valence-corrected chi connectivity index (χ2v) is 7.64. The molecule has 1 aromatic carbocycles. The van der Waals surface area contributed by atoms with Crippen LogP contribution in [0.3, 0.4) is 0 Å². The van der Waals surface area contributed by atoms with E-state index in [1.54, 1.807) is 24.3 Å². The van der Waals surface area contributed by atoms with Crippen LogP contribution in [0.4, 0.5) is 10.5 Å². The first kappa shape index (κ1) is 23.7. The zero-order valence-electron chi connectivity index (χ0n) is 18.2. The molecule has 0 bridgehead atoms. The van der Waals surface area contributed by atoms with E-state index in [0.717, 1.165) is 19.3 Å². The SMILES string of the molecule is CCCCCC(C#N)n1cccc(NC(=O)N[C@@H](CC(=O)O)c2ccc3c(c2)OCO3)c1=O. The summed E-state index contributed by atoms with van der Waals surface area (Å²) in [5.74, 6) is -0.112. The summed E-state index contributed by atoms with van der Waals surface area (Å²) in [5.41, 5.74) is 0.00167. The quantitative estimate of drug-likeness (QED) is 0.466. The van der Waals surface area contributed by atoms with E-state index >= 15 is 0 Å². The first-order valence-corrected chi connectivity index (χ1v) is 10.7. The number of hydrogen-bond donors (Lipinski definition) is 3. The second-order valence-electron chi connectivity index (χ2n) is 7.64. The molecule has 0 aliphatic carbocycles. The molecule has 33 heavy (non-hydrogen) atoms. The molecule has 2 atom stereocenters. The molecule has 1 unspecified atom stereocenters. The third kappa shape index (κ3) is 6.04. The number of fused-ring (bicyclic) bond motifs is 1. The van der Waals surface area contributed by atoms with Gasteiger partial charge in [0.1, 0.15) is 11.7 Å². The van der Waals surface area contributed by atoms with Crippen molar-refractivity contribution in [1.29, 1.82) is 5.26 Å². The van der Waals surface area contributed by atoms with E-state index in [9.17, 15) is 24.8 Å². The Labute approximate surface area is 190 Å². The number of carboxylic acids is 1. The van der Waals surface area contributed by atoms with Crippen molar-refractivity contribution in [2.45, 2.75) is 51.1 Å². The number of carbonyl (C=O) groups excluding carboxylic acids is 1. The van der Waals surface area contributed by atoms with Gasteiger partial charge in [0.25, 0.3) is 5.56 Å². The molecule has 2 amide bonds. The van der Waals surface area contributed by atoms with E-state index in [1.807, 2.05) is 0 Å². The molecular weight excluding hydrogens is 428 g/mol. The number of nitrogens with zero attached hydrogens (tertiary/aromatic N) is 2. The lowest BCUT2D eigenvalue weighted by Gasteiger charge is -2.19. The molecule has 3 rings (SSSR count). The van der Waals surface area contributed by atoms with Crippen LogP contribution in [0.25, 0.3) is 0 Å². The van der Waals surface area contributed by atoms with Crippen molar-refractivity contribution >= 4 is 17.7 Å². The molecule has 0 spiro atoms. The lowest BCUT2D eigenvalue weighted by atomic mass is 10.0. The van der Waals surface area contributed by atoms with Gasteiger partial charge in [-0.1, -0.05) is 32.3 Å². The average molecular weight is 454 g/mol. The smallest absolute Gasteiger partial charge is 0.319 e. The van der Waals surface area contributed by atoms with Crippen LogP contribution in [-0.4, -0.2) is 28.5 Å². The maximum absolute atomic E-state index is 12.8. The number of benzene rings is 1. The first-order chi connectivity index (χ1) is 15.9. The van der Waals surface area contributed by atoms with E-state index in [1.165, 1.54) is 16.8 Å². The third-order valence-corrected chi connectivity index (χ3v) is 5.27. The summed E-state index contributed by atoms with van der Waals surface area (Å²) in [6, 6.07) is 7.80. The zero-order valence-corrected chi connectivity index (χ0v) is 18.2. The molecular formula is C23H26N4O6. The number of urea groups is 1. The number of anilines is 1. The van der Waals surface area contributed by atoms with Crippen LogP contribution in [-0.2, 0) is 4.79 Å². The Bertz CT molecular complexity index is 1110. The second kappa shape index (κ2) is 11.0. The van der Waals surface area contributed by atoms with Crippen LogP contribution < -0.4 is 25.7 Å². The Balaban J connectivity index is 1.75. The number of rotatable bonds is 10. The van der Waals surface area contributed by atoms with E-state index in [2.05, 4.69) is 23.6 Å². The lowest BCUT2D eigenvalue weighted by Crippen LogP contribution is -2.36. The Morgan fingerprint density at radius 2 is 2.03 bits per heavy atom. The molecule has 1 aliphatic rings. The Morgan fingerprint density at radius 3 is 2.76 bits per heavy atom. The summed E-state index contributed by atoms with van der Waals surface area (Å²) >= 11 is 0. The van der Waals surface area contributed by atoms with Crippen molar-refractivity contribution in [3.63, 3.8) is 0 Å². The summed E-state index contributed by atoms with van der Waals surface area (Å²) < 4.78 is 11.9. The standard InChI is InChI=1S/C23H26N4O6/c1-2-3-4-6-16(13-24)27-10-5-7-17(22(27)30)25-23(31)26-18(12-21(28)29)15-8-9-19-20(11-15)33-14-32-19/h5,7-11,16,18H,2-4,6,12,14H2,1H3,(H,28,29)(H2,25,26,31)/t16?,18-/m0/s1. The number of carbonyl (C=O) groups is 2. The zero-order chi connectivity index (χ0) is 23.8. The van der Waals surface area contributed by atoms with Crippen molar-refractivity contribution in [2.75, 3.05) is 12.1 Å². The highest BCUT2D eigenvalue weighted by Gasteiger charge is 2.22. The highest BCUT2D eigenvalue weighted by atomic mass is 16.7. The fourth-order valence-corrected chi connectivity index (χ4v) is 3.58. The van der Waals surface area contributed by atoms with E-state index < -0.39 is 29.6 Å². The summed E-state index contributed by atoms with van der Waals surface area (Å²) in [6.07, 6.45) is 4.44. The predicted octanol–water partition coefficient (Wildman–Crippen LogP) is 3.56. The highest BCUT2D eigenvalue weighted by Crippen LogP contribution is 2.34. The van der Waals surface area contributed by atoms with Gasteiger partial charge in [-0.25, -0.2) is 4.79 Å². The molecule has 10 nitrogen and oxygen atoms in total. The summed E-state index contributed by atoms with van der Waals surface area (Å²) in [6.45, 7) is 2.12. The van der Waals surface area contributed by atoms with Gasteiger partial charge in [0, 0.05) is 6.20 Å². The molecule has 0 radical (unpaired) electrons. The normalized spacial score (nSPS) is 13.6. The van der Waals surface area contributed by atoms with Crippen LogP contribution in [0.15, 0.2) is 41.3 Å². The molecule has 0 saturated heterocycles. The van der Waals surface area contributed by atoms with Crippen LogP contribution in [0.5, 0.6) is 11.5 Å². The topological polar surface area (TPSA) is 143 Å². The number of amides is 2. The Morgan fingerprint density at radius 1 is 1.24 bits per heavy atom. The lowest BCUT2D eigenvalue weighted by molar-refractivity contribution is -0.137. The molecule has 0 saturated carbocycles.